The van der Waals surface area contributed by atoms with E-state index in [1.807, 2.05) is 19.2 Å². The zero-order valence-electron chi connectivity index (χ0n) is 29.2. The summed E-state index contributed by atoms with van der Waals surface area (Å²) in [5, 5.41) is 0.601. The standard InChI is InChI=1S/C37H47ClF3N7OS/c1-21(42)8-5-9-24-16-28(35(41)29(38)17-24)31-20-27-22(2)48(37(49)46-36(27)45-31)26-18-30(40)34(33(19-26)50-4)32-11-6-10-25(12-14-44-23(3)43)47(32)15-7-13-39/h16-21,25,32H,5-15,42H2,1-4H3,(H2,43,44)(H,45,46,49)/t21-,25-,32-/m0/s1. The van der Waals surface area contributed by atoms with Gasteiger partial charge in [0.25, 0.3) is 0 Å². The largest absolute Gasteiger partial charge is 0.388 e. The van der Waals surface area contributed by atoms with E-state index in [1.54, 1.807) is 32.0 Å². The quantitative estimate of drug-likeness (QED) is 0.0687. The number of rotatable bonds is 14. The lowest BCUT2D eigenvalue weighted by molar-refractivity contribution is 0.0713. The highest BCUT2D eigenvalue weighted by molar-refractivity contribution is 7.98. The Morgan fingerprint density at radius 3 is 2.68 bits per heavy atom. The first-order valence-corrected chi connectivity index (χ1v) is 18.9. The molecule has 3 heterocycles. The Morgan fingerprint density at radius 1 is 1.20 bits per heavy atom. The average Bonchev–Trinajstić information content (AvgIpc) is 3.49. The molecule has 13 heteroatoms. The van der Waals surface area contributed by atoms with Gasteiger partial charge in [-0.05, 0) is 114 Å². The number of aryl methyl sites for hydroxylation is 2. The van der Waals surface area contributed by atoms with Crippen molar-refractivity contribution in [3.63, 3.8) is 0 Å². The van der Waals surface area contributed by atoms with Crippen LogP contribution in [0.3, 0.4) is 0 Å². The van der Waals surface area contributed by atoms with E-state index < -0.39 is 24.0 Å². The third-order valence-electron chi connectivity index (χ3n) is 9.57. The molecule has 1 aliphatic heterocycles. The fourth-order valence-electron chi connectivity index (χ4n) is 7.20. The van der Waals surface area contributed by atoms with Gasteiger partial charge in [0.05, 0.1) is 28.9 Å². The molecular formula is C37H47ClF3N7OS. The number of H-pyrrole nitrogens is 1. The van der Waals surface area contributed by atoms with Crippen molar-refractivity contribution in [2.24, 2.45) is 16.5 Å². The van der Waals surface area contributed by atoms with Gasteiger partial charge in [0.15, 0.2) is 5.82 Å². The van der Waals surface area contributed by atoms with Gasteiger partial charge >= 0.3 is 5.69 Å². The molecule has 0 saturated carbocycles. The maximum Gasteiger partial charge on any atom is 0.354 e. The summed E-state index contributed by atoms with van der Waals surface area (Å²) in [5.41, 5.74) is 14.4. The first-order chi connectivity index (χ1) is 23.9. The summed E-state index contributed by atoms with van der Waals surface area (Å²) in [4.78, 5) is 28.2. The van der Waals surface area contributed by atoms with Crippen LogP contribution in [0.15, 0.2) is 45.0 Å². The fourth-order valence-corrected chi connectivity index (χ4v) is 8.14. The Kier molecular flexibility index (Phi) is 12.7. The number of benzene rings is 2. The number of thioether (sulfide) groups is 1. The van der Waals surface area contributed by atoms with Crippen LogP contribution in [0.4, 0.5) is 13.2 Å². The lowest BCUT2D eigenvalue weighted by Crippen LogP contribution is -2.43. The molecule has 3 atom stereocenters. The Hall–Kier alpha value is -3.32. The van der Waals surface area contributed by atoms with Crippen LogP contribution in [-0.4, -0.2) is 63.4 Å². The number of aliphatic imine (C=N–C) groups is 1. The highest BCUT2D eigenvalue weighted by atomic mass is 35.5. The van der Waals surface area contributed by atoms with Crippen molar-refractivity contribution in [1.82, 2.24) is 19.4 Å². The molecule has 1 fully saturated rings. The average molecular weight is 730 g/mol. The number of nitrogens with zero attached hydrogens (tertiary/aromatic N) is 4. The van der Waals surface area contributed by atoms with Gasteiger partial charge in [0, 0.05) is 58.3 Å². The highest BCUT2D eigenvalue weighted by Gasteiger charge is 2.34. The van der Waals surface area contributed by atoms with Crippen molar-refractivity contribution in [2.45, 2.75) is 95.2 Å². The Labute approximate surface area is 300 Å². The minimum Gasteiger partial charge on any atom is -0.388 e. The number of aromatic nitrogens is 3. The first kappa shape index (κ1) is 37.9. The molecule has 2 aromatic carbocycles. The molecule has 4 aromatic rings. The number of alkyl halides is 1. The number of piperidine rings is 1. The van der Waals surface area contributed by atoms with Gasteiger partial charge in [-0.3, -0.25) is 18.8 Å². The fraction of sp³-hybridized carbons (Fsp3) is 0.486. The first-order valence-electron chi connectivity index (χ1n) is 17.3. The molecule has 0 spiro atoms. The molecule has 0 bridgehead atoms. The number of halogens is 4. The SMILES string of the molecule is CSc1cc(-n2c(C)c3cc(-c4cc(CCC[C@H](C)N)cc(Cl)c4F)[nH]c3nc2=O)cc(F)c1[C@@H]1CCC[C@@H](CCN=C(C)N)N1CCCF. The predicted molar refractivity (Wildman–Crippen MR) is 200 cm³/mol. The summed E-state index contributed by atoms with van der Waals surface area (Å²) in [7, 11) is 0. The number of amidine groups is 1. The van der Waals surface area contributed by atoms with Gasteiger partial charge < -0.3 is 16.5 Å². The van der Waals surface area contributed by atoms with Crippen molar-refractivity contribution in [2.75, 3.05) is 26.0 Å². The van der Waals surface area contributed by atoms with Crippen LogP contribution in [0.2, 0.25) is 5.02 Å². The zero-order valence-corrected chi connectivity index (χ0v) is 30.7. The molecular weight excluding hydrogens is 683 g/mol. The number of hydrogen-bond acceptors (Lipinski definition) is 6. The number of hydrogen-bond donors (Lipinski definition) is 3. The van der Waals surface area contributed by atoms with E-state index in [0.717, 1.165) is 44.1 Å². The lowest BCUT2D eigenvalue weighted by atomic mass is 9.88. The van der Waals surface area contributed by atoms with E-state index >= 15 is 8.78 Å². The van der Waals surface area contributed by atoms with Crippen molar-refractivity contribution < 1.29 is 13.2 Å². The monoisotopic (exact) mass is 729 g/mol. The highest BCUT2D eigenvalue weighted by Crippen LogP contribution is 2.42. The third kappa shape index (κ3) is 8.41. The number of fused-ring (bicyclic) bond motifs is 1. The molecule has 270 valence electrons. The van der Waals surface area contributed by atoms with E-state index in [4.69, 9.17) is 23.1 Å². The number of nitrogens with one attached hydrogen (secondary N) is 1. The van der Waals surface area contributed by atoms with Gasteiger partial charge in [-0.25, -0.2) is 13.6 Å². The summed E-state index contributed by atoms with van der Waals surface area (Å²) in [5.74, 6) is -0.489. The van der Waals surface area contributed by atoms with E-state index in [9.17, 15) is 9.18 Å². The van der Waals surface area contributed by atoms with Crippen LogP contribution < -0.4 is 17.2 Å². The maximum absolute atomic E-state index is 16.4. The number of likely N-dealkylation sites (tertiary alicyclic amines) is 1. The van der Waals surface area contributed by atoms with Crippen LogP contribution in [0, 0.1) is 18.6 Å². The Balaban J connectivity index is 1.53. The summed E-state index contributed by atoms with van der Waals surface area (Å²) in [6.45, 7) is 6.07. The number of aromatic amines is 1. The van der Waals surface area contributed by atoms with Gasteiger partial charge in [0.2, 0.25) is 0 Å². The second-order valence-corrected chi connectivity index (χ2v) is 14.6. The van der Waals surface area contributed by atoms with E-state index in [2.05, 4.69) is 19.9 Å². The molecule has 5 rings (SSSR count). The molecule has 0 aliphatic carbocycles. The Bertz CT molecular complexity index is 1910. The molecule has 0 unspecified atom stereocenters. The van der Waals surface area contributed by atoms with Crippen LogP contribution in [0.25, 0.3) is 28.0 Å². The van der Waals surface area contributed by atoms with Gasteiger partial charge in [-0.15, -0.1) is 11.8 Å². The smallest absolute Gasteiger partial charge is 0.354 e. The molecule has 0 amide bonds. The van der Waals surface area contributed by atoms with E-state index in [1.165, 1.54) is 22.4 Å². The summed E-state index contributed by atoms with van der Waals surface area (Å²) in [6.07, 6.45) is 7.89. The van der Waals surface area contributed by atoms with Crippen LogP contribution >= 0.6 is 23.4 Å². The zero-order chi connectivity index (χ0) is 36.1. The Morgan fingerprint density at radius 2 is 1.98 bits per heavy atom. The minimum absolute atomic E-state index is 0.00748. The summed E-state index contributed by atoms with van der Waals surface area (Å²) in [6, 6.07) is 8.27. The van der Waals surface area contributed by atoms with Crippen molar-refractivity contribution >= 4 is 40.2 Å². The second-order valence-electron chi connectivity index (χ2n) is 13.3. The number of nitrogens with two attached hydrogens (primary N) is 2. The molecule has 1 aliphatic rings. The maximum atomic E-state index is 16.4. The van der Waals surface area contributed by atoms with Crippen molar-refractivity contribution in [3.05, 3.63) is 74.3 Å². The topological polar surface area (TPSA) is 118 Å². The van der Waals surface area contributed by atoms with Gasteiger partial charge in [-0.1, -0.05) is 11.6 Å². The van der Waals surface area contributed by atoms with Crippen molar-refractivity contribution in [3.8, 4) is 16.9 Å². The molecule has 2 aromatic heterocycles. The summed E-state index contributed by atoms with van der Waals surface area (Å²) >= 11 is 7.72. The molecule has 8 nitrogen and oxygen atoms in total. The van der Waals surface area contributed by atoms with Crippen molar-refractivity contribution in [1.29, 1.82) is 0 Å². The van der Waals surface area contributed by atoms with Crippen LogP contribution in [-0.2, 0) is 6.42 Å². The normalized spacial score (nSPS) is 17.9. The second kappa shape index (κ2) is 16.8. The molecule has 0 radical (unpaired) electrons. The molecule has 50 heavy (non-hydrogen) atoms. The van der Waals surface area contributed by atoms with Crippen LogP contribution in [0.5, 0.6) is 0 Å². The lowest BCUT2D eigenvalue weighted by Gasteiger charge is -2.43. The molecule has 1 saturated heterocycles. The van der Waals surface area contributed by atoms with Gasteiger partial charge in [0.1, 0.15) is 11.5 Å². The summed E-state index contributed by atoms with van der Waals surface area (Å²) < 4.78 is 46.6. The van der Waals surface area contributed by atoms with Gasteiger partial charge in [-0.2, -0.15) is 4.98 Å². The van der Waals surface area contributed by atoms with E-state index in [0.29, 0.717) is 70.3 Å². The predicted octanol–water partition coefficient (Wildman–Crippen LogP) is 8.04. The van der Waals surface area contributed by atoms with Crippen LogP contribution in [0.1, 0.15) is 81.7 Å². The van der Waals surface area contributed by atoms with E-state index in [-0.39, 0.29) is 28.7 Å². The molecule has 5 N–H and O–H groups in total. The third-order valence-corrected chi connectivity index (χ3v) is 10.6. The minimum atomic E-state index is -0.594.